The molecule has 29 heavy (non-hydrogen) atoms. The molecule has 0 aliphatic carbocycles. The number of carbonyl (C=O) groups is 2. The van der Waals surface area contributed by atoms with Crippen LogP contribution in [0.15, 0.2) is 0 Å². The molecule has 0 aliphatic rings. The lowest BCUT2D eigenvalue weighted by Crippen LogP contribution is -2.52. The van der Waals surface area contributed by atoms with Gasteiger partial charge in [0.05, 0.1) is 13.2 Å². The smallest absolute Gasteiger partial charge is 0.268 e. The molecular weight excluding hydrogens is 433 g/mol. The van der Waals surface area contributed by atoms with Gasteiger partial charge in [0, 0.05) is 23.8 Å². The summed E-state index contributed by atoms with van der Waals surface area (Å²) in [4.78, 5) is 36.0. The number of quaternary nitrogens is 1. The van der Waals surface area contributed by atoms with Crippen LogP contribution in [0.1, 0.15) is 78.1 Å². The van der Waals surface area contributed by atoms with Crippen molar-refractivity contribution in [3.8, 4) is 0 Å². The van der Waals surface area contributed by atoms with Crippen LogP contribution in [0.5, 0.6) is 0 Å². The minimum Gasteiger partial charge on any atom is -0.756 e. The highest BCUT2D eigenvalue weighted by atomic mass is 32.2. The maximum absolute atomic E-state index is 12.2. The molecule has 0 aliphatic heterocycles. The average molecular weight is 472 g/mol. The second kappa shape index (κ2) is 18.8. The predicted molar refractivity (Wildman–Crippen MR) is 119 cm³/mol. The zero-order chi connectivity index (χ0) is 22.0. The van der Waals surface area contributed by atoms with Crippen LogP contribution in [0.2, 0.25) is 0 Å². The molecule has 0 spiro atoms. The molecule has 0 rings (SSSR count). The Kier molecular flexibility index (Phi) is 18.9. The van der Waals surface area contributed by atoms with Gasteiger partial charge in [-0.05, 0) is 12.8 Å². The van der Waals surface area contributed by atoms with E-state index in [-0.39, 0.29) is 23.4 Å². The molecule has 7 nitrogen and oxygen atoms in total. The molecule has 0 aromatic heterocycles. The fourth-order valence-corrected chi connectivity index (χ4v) is 5.29. The van der Waals surface area contributed by atoms with Crippen LogP contribution in [-0.4, -0.2) is 41.0 Å². The van der Waals surface area contributed by atoms with Gasteiger partial charge in [-0.1, -0.05) is 75.9 Å². The Labute approximate surface area is 184 Å². The third-order valence-corrected chi connectivity index (χ3v) is 7.38. The SMILES string of the molecule is CCCCCCC(=O)SC[C@H](COP(=O)([O-])OCC[NH3+])SC(=O)CCCCCC. The Morgan fingerprint density at radius 3 is 2.10 bits per heavy atom. The van der Waals surface area contributed by atoms with Gasteiger partial charge >= 0.3 is 0 Å². The Bertz CT molecular complexity index is 495. The second-order valence-electron chi connectivity index (χ2n) is 6.85. The van der Waals surface area contributed by atoms with E-state index in [4.69, 9.17) is 4.52 Å². The number of thioether (sulfide) groups is 2. The third-order valence-electron chi connectivity index (χ3n) is 4.01. The molecule has 2 atom stereocenters. The average Bonchev–Trinajstić information content (AvgIpc) is 2.69. The minimum atomic E-state index is -4.42. The summed E-state index contributed by atoms with van der Waals surface area (Å²) >= 11 is 2.23. The third kappa shape index (κ3) is 18.6. The van der Waals surface area contributed by atoms with Crippen LogP contribution >= 0.6 is 31.3 Å². The molecule has 0 saturated carbocycles. The molecule has 0 bridgehead atoms. The first-order chi connectivity index (χ1) is 13.8. The summed E-state index contributed by atoms with van der Waals surface area (Å²) in [6, 6.07) is 0. The summed E-state index contributed by atoms with van der Waals surface area (Å²) in [5.41, 5.74) is 3.52. The highest BCUT2D eigenvalue weighted by Crippen LogP contribution is 2.39. The van der Waals surface area contributed by atoms with E-state index in [2.05, 4.69) is 24.1 Å². The lowest BCUT2D eigenvalue weighted by atomic mass is 10.2. The summed E-state index contributed by atoms with van der Waals surface area (Å²) in [7, 11) is -4.42. The number of carbonyl (C=O) groups excluding carboxylic acids is 2. The van der Waals surface area contributed by atoms with Crippen LogP contribution in [0.3, 0.4) is 0 Å². The Hall–Kier alpha value is 0.110. The van der Waals surface area contributed by atoms with E-state index in [0.29, 0.717) is 25.1 Å². The highest BCUT2D eigenvalue weighted by Gasteiger charge is 2.20. The van der Waals surface area contributed by atoms with Gasteiger partial charge in [-0.15, -0.1) is 0 Å². The van der Waals surface area contributed by atoms with Crippen molar-refractivity contribution in [2.24, 2.45) is 0 Å². The molecule has 0 heterocycles. The quantitative estimate of drug-likeness (QED) is 0.224. The normalized spacial score (nSPS) is 14.5. The van der Waals surface area contributed by atoms with Crippen molar-refractivity contribution in [2.75, 3.05) is 25.5 Å². The van der Waals surface area contributed by atoms with Crippen molar-refractivity contribution in [3.63, 3.8) is 0 Å². The molecule has 0 radical (unpaired) electrons. The molecule has 172 valence electrons. The maximum atomic E-state index is 12.2. The Morgan fingerprint density at radius 2 is 1.55 bits per heavy atom. The van der Waals surface area contributed by atoms with Gasteiger partial charge in [0.15, 0.2) is 10.2 Å². The first kappa shape index (κ1) is 29.1. The van der Waals surface area contributed by atoms with Gasteiger partial charge < -0.3 is 19.7 Å². The maximum Gasteiger partial charge on any atom is 0.268 e. The topological polar surface area (TPSA) is 120 Å². The first-order valence-corrected chi connectivity index (χ1v) is 13.9. The van der Waals surface area contributed by atoms with Crippen molar-refractivity contribution >= 4 is 41.6 Å². The highest BCUT2D eigenvalue weighted by molar-refractivity contribution is 8.17. The molecule has 0 aromatic carbocycles. The Balaban J connectivity index is 4.51. The van der Waals surface area contributed by atoms with Gasteiger partial charge in [-0.2, -0.15) is 0 Å². The van der Waals surface area contributed by atoms with Gasteiger partial charge in [0.1, 0.15) is 6.61 Å². The standard InChI is InChI=1S/C19H38NO6PS2/c1-3-5-7-9-11-18(21)28-16-17(15-26-27(23,24)25-14-13-20)29-19(22)12-10-8-6-4-2/h17H,3-16,20H2,1-2H3,(H,23,24)/t17-/m0/s1. The number of hydrogen-bond acceptors (Lipinski definition) is 8. The van der Waals surface area contributed by atoms with Crippen molar-refractivity contribution in [3.05, 3.63) is 0 Å². The molecule has 10 heteroatoms. The fourth-order valence-electron chi connectivity index (χ4n) is 2.40. The minimum absolute atomic E-state index is 0.00473. The summed E-state index contributed by atoms with van der Waals surface area (Å²) in [5.74, 6) is 0.341. The van der Waals surface area contributed by atoms with E-state index in [0.717, 1.165) is 74.9 Å². The van der Waals surface area contributed by atoms with E-state index >= 15 is 0 Å². The fraction of sp³-hybridized carbons (Fsp3) is 0.895. The second-order valence-corrected chi connectivity index (χ2v) is 10.7. The lowest BCUT2D eigenvalue weighted by molar-refractivity contribution is -0.373. The molecule has 3 N–H and O–H groups in total. The van der Waals surface area contributed by atoms with E-state index < -0.39 is 13.1 Å². The first-order valence-electron chi connectivity index (χ1n) is 10.6. The zero-order valence-electron chi connectivity index (χ0n) is 17.9. The van der Waals surface area contributed by atoms with E-state index in [1.165, 1.54) is 0 Å². The molecule has 0 aromatic rings. The molecule has 1 unspecified atom stereocenters. The van der Waals surface area contributed by atoms with Crippen LogP contribution in [0, 0.1) is 0 Å². The number of rotatable bonds is 19. The van der Waals surface area contributed by atoms with Gasteiger partial charge in [-0.25, -0.2) is 0 Å². The van der Waals surface area contributed by atoms with Crippen LogP contribution in [0.25, 0.3) is 0 Å². The summed E-state index contributed by atoms with van der Waals surface area (Å²) in [6.45, 7) is 4.32. The molecule has 0 fully saturated rings. The summed E-state index contributed by atoms with van der Waals surface area (Å²) < 4.78 is 21.4. The van der Waals surface area contributed by atoms with E-state index in [1.807, 2.05) is 0 Å². The lowest BCUT2D eigenvalue weighted by Gasteiger charge is -2.24. The van der Waals surface area contributed by atoms with Crippen molar-refractivity contribution in [2.45, 2.75) is 83.3 Å². The zero-order valence-corrected chi connectivity index (χ0v) is 20.4. The van der Waals surface area contributed by atoms with Crippen molar-refractivity contribution < 1.29 is 33.8 Å². The monoisotopic (exact) mass is 471 g/mol. The number of unbranched alkanes of at least 4 members (excludes halogenated alkanes) is 6. The molecule has 0 saturated heterocycles. The Morgan fingerprint density at radius 1 is 0.966 bits per heavy atom. The van der Waals surface area contributed by atoms with Crippen LogP contribution < -0.4 is 10.6 Å². The van der Waals surface area contributed by atoms with E-state index in [1.54, 1.807) is 0 Å². The van der Waals surface area contributed by atoms with Crippen molar-refractivity contribution in [1.29, 1.82) is 0 Å². The van der Waals surface area contributed by atoms with Crippen molar-refractivity contribution in [1.82, 2.24) is 0 Å². The summed E-state index contributed by atoms with van der Waals surface area (Å²) in [5, 5.41) is -0.338. The number of phosphoric acid groups is 1. The molecular formula is C19H38NO6PS2. The van der Waals surface area contributed by atoms with Gasteiger partial charge in [0.2, 0.25) is 0 Å². The summed E-state index contributed by atoms with van der Waals surface area (Å²) in [6.07, 6.45) is 9.09. The predicted octanol–water partition coefficient (Wildman–Crippen LogP) is 3.56. The molecule has 0 amide bonds. The number of phosphoric ester groups is 1. The van der Waals surface area contributed by atoms with Gasteiger partial charge in [-0.3, -0.25) is 14.2 Å². The van der Waals surface area contributed by atoms with E-state index in [9.17, 15) is 19.0 Å². The largest absolute Gasteiger partial charge is 0.756 e. The van der Waals surface area contributed by atoms with Crippen LogP contribution in [-0.2, 0) is 23.2 Å². The van der Waals surface area contributed by atoms with Crippen LogP contribution in [0.4, 0.5) is 0 Å². The number of hydrogen-bond donors (Lipinski definition) is 1. The van der Waals surface area contributed by atoms with Gasteiger partial charge in [0.25, 0.3) is 7.82 Å².